The van der Waals surface area contributed by atoms with Gasteiger partial charge in [-0.05, 0) is 12.1 Å². The van der Waals surface area contributed by atoms with Crippen LogP contribution in [-0.4, -0.2) is 22.5 Å². The van der Waals surface area contributed by atoms with Gasteiger partial charge in [0.25, 0.3) is 5.92 Å². The zero-order valence-corrected chi connectivity index (χ0v) is 13.9. The molecule has 0 saturated heterocycles. The van der Waals surface area contributed by atoms with Gasteiger partial charge in [-0.15, -0.1) is 0 Å². The van der Waals surface area contributed by atoms with Gasteiger partial charge in [-0.1, -0.05) is 44.5 Å². The van der Waals surface area contributed by atoms with Gasteiger partial charge in [0, 0.05) is 11.0 Å². The van der Waals surface area contributed by atoms with Crippen molar-refractivity contribution in [3.8, 4) is 17.0 Å². The van der Waals surface area contributed by atoms with Crippen LogP contribution in [0.5, 0.6) is 5.75 Å². The molecule has 0 amide bonds. The van der Waals surface area contributed by atoms with E-state index < -0.39 is 17.9 Å². The molecule has 0 spiro atoms. The first-order chi connectivity index (χ1) is 10.6. The van der Waals surface area contributed by atoms with Crippen molar-refractivity contribution in [1.82, 2.24) is 9.97 Å². The molecule has 23 heavy (non-hydrogen) atoms. The summed E-state index contributed by atoms with van der Waals surface area (Å²) in [6, 6.07) is 6.60. The van der Waals surface area contributed by atoms with Crippen LogP contribution >= 0.6 is 11.6 Å². The molecule has 2 rings (SSSR count). The smallest absolute Gasteiger partial charge is 0.286 e. The van der Waals surface area contributed by atoms with Gasteiger partial charge in [0.1, 0.15) is 17.3 Å². The summed E-state index contributed by atoms with van der Waals surface area (Å²) in [5, 5.41) is 0.141. The highest BCUT2D eigenvalue weighted by atomic mass is 35.5. The number of anilines is 1. The number of alkyl halides is 2. The monoisotopic (exact) mass is 341 g/mol. The number of halogens is 3. The zero-order chi connectivity index (χ0) is 17.3. The normalized spacial score (nSPS) is 12.3. The van der Waals surface area contributed by atoms with Gasteiger partial charge in [0.15, 0.2) is 11.8 Å². The van der Waals surface area contributed by atoms with Crippen LogP contribution in [0.2, 0.25) is 5.15 Å². The lowest BCUT2D eigenvalue weighted by atomic mass is 9.88. The number of ether oxygens (including phenoxy) is 1. The van der Waals surface area contributed by atoms with Gasteiger partial charge in [-0.3, -0.25) is 0 Å². The summed E-state index contributed by atoms with van der Waals surface area (Å²) in [5.41, 5.74) is 5.34. The summed E-state index contributed by atoms with van der Waals surface area (Å²) in [6.07, 6.45) is 1.38. The fourth-order valence-corrected chi connectivity index (χ4v) is 1.95. The SMILES string of the molecule is CC(C)(C)C(F)(F)COc1cccc(-c2ncc(N)nc2Cl)c1. The predicted molar refractivity (Wildman–Crippen MR) is 86.8 cm³/mol. The van der Waals surface area contributed by atoms with Crippen LogP contribution in [0.15, 0.2) is 30.5 Å². The van der Waals surface area contributed by atoms with Crippen LogP contribution in [0.3, 0.4) is 0 Å². The molecule has 2 aromatic rings. The molecule has 1 heterocycles. The first-order valence-electron chi connectivity index (χ1n) is 6.99. The van der Waals surface area contributed by atoms with Crippen molar-refractivity contribution in [2.45, 2.75) is 26.7 Å². The van der Waals surface area contributed by atoms with Crippen LogP contribution in [0.1, 0.15) is 20.8 Å². The van der Waals surface area contributed by atoms with Gasteiger partial charge >= 0.3 is 0 Å². The van der Waals surface area contributed by atoms with Crippen molar-refractivity contribution >= 4 is 17.4 Å². The van der Waals surface area contributed by atoms with Crippen LogP contribution in [0.4, 0.5) is 14.6 Å². The third kappa shape index (κ3) is 4.07. The Kier molecular flexibility index (Phi) is 4.75. The van der Waals surface area contributed by atoms with Crippen LogP contribution in [-0.2, 0) is 0 Å². The molecule has 2 N–H and O–H groups in total. The highest BCUT2D eigenvalue weighted by molar-refractivity contribution is 6.31. The molecule has 0 aliphatic rings. The molecule has 0 saturated carbocycles. The highest BCUT2D eigenvalue weighted by Gasteiger charge is 2.43. The van der Waals surface area contributed by atoms with Gasteiger partial charge in [0.05, 0.1) is 6.20 Å². The van der Waals surface area contributed by atoms with Crippen LogP contribution < -0.4 is 10.5 Å². The number of hydrogen-bond acceptors (Lipinski definition) is 4. The number of aromatic nitrogens is 2. The van der Waals surface area contributed by atoms with Crippen molar-refractivity contribution in [1.29, 1.82) is 0 Å². The maximum atomic E-state index is 14.0. The third-order valence-corrected chi connectivity index (χ3v) is 3.64. The number of nitrogen functional groups attached to an aromatic ring is 1. The Morgan fingerprint density at radius 3 is 2.57 bits per heavy atom. The second-order valence-corrected chi connectivity index (χ2v) is 6.56. The summed E-state index contributed by atoms with van der Waals surface area (Å²) in [7, 11) is 0. The minimum atomic E-state index is -2.96. The number of hydrogen-bond donors (Lipinski definition) is 1. The quantitative estimate of drug-likeness (QED) is 0.893. The van der Waals surface area contributed by atoms with E-state index in [2.05, 4.69) is 9.97 Å². The summed E-state index contributed by atoms with van der Waals surface area (Å²) < 4.78 is 33.2. The van der Waals surface area contributed by atoms with E-state index in [9.17, 15) is 8.78 Å². The Balaban J connectivity index is 2.21. The molecular formula is C16H18ClF2N3O. The van der Waals surface area contributed by atoms with Gasteiger partial charge < -0.3 is 10.5 Å². The van der Waals surface area contributed by atoms with E-state index >= 15 is 0 Å². The maximum absolute atomic E-state index is 14.0. The first-order valence-corrected chi connectivity index (χ1v) is 7.37. The zero-order valence-electron chi connectivity index (χ0n) is 13.1. The van der Waals surface area contributed by atoms with Crippen LogP contribution in [0, 0.1) is 5.41 Å². The van der Waals surface area contributed by atoms with Crippen molar-refractivity contribution in [3.63, 3.8) is 0 Å². The van der Waals surface area contributed by atoms with Crippen LogP contribution in [0.25, 0.3) is 11.3 Å². The summed E-state index contributed by atoms with van der Waals surface area (Å²) in [6.45, 7) is 3.70. The lowest BCUT2D eigenvalue weighted by molar-refractivity contribution is -0.123. The molecule has 124 valence electrons. The lowest BCUT2D eigenvalue weighted by Crippen LogP contribution is -2.39. The average Bonchev–Trinajstić information content (AvgIpc) is 2.44. The van der Waals surface area contributed by atoms with E-state index in [0.717, 1.165) is 0 Å². The van der Waals surface area contributed by atoms with E-state index in [-0.39, 0.29) is 11.0 Å². The minimum Gasteiger partial charge on any atom is -0.487 e. The third-order valence-electron chi connectivity index (χ3n) is 3.37. The topological polar surface area (TPSA) is 61.0 Å². The Hall–Kier alpha value is -1.95. The molecule has 0 atom stereocenters. The second-order valence-electron chi connectivity index (χ2n) is 6.21. The lowest BCUT2D eigenvalue weighted by Gasteiger charge is -2.30. The number of nitrogens with zero attached hydrogens (tertiary/aromatic N) is 2. The van der Waals surface area contributed by atoms with Crippen molar-refractivity contribution < 1.29 is 13.5 Å². The Morgan fingerprint density at radius 1 is 1.26 bits per heavy atom. The van der Waals surface area contributed by atoms with Crippen molar-refractivity contribution in [3.05, 3.63) is 35.6 Å². The van der Waals surface area contributed by atoms with E-state index in [1.807, 2.05) is 0 Å². The number of nitrogens with two attached hydrogens (primary N) is 1. The average molecular weight is 342 g/mol. The van der Waals surface area contributed by atoms with Crippen molar-refractivity contribution in [2.24, 2.45) is 5.41 Å². The molecule has 0 unspecified atom stereocenters. The van der Waals surface area contributed by atoms with E-state index in [1.165, 1.54) is 27.0 Å². The molecular weight excluding hydrogens is 324 g/mol. The van der Waals surface area contributed by atoms with E-state index in [4.69, 9.17) is 22.1 Å². The molecule has 1 aromatic heterocycles. The first kappa shape index (κ1) is 17.4. The molecule has 0 aliphatic carbocycles. The number of rotatable bonds is 4. The highest BCUT2D eigenvalue weighted by Crippen LogP contribution is 2.36. The molecule has 7 heteroatoms. The molecule has 1 aromatic carbocycles. The van der Waals surface area contributed by atoms with E-state index in [1.54, 1.807) is 24.3 Å². The molecule has 0 radical (unpaired) electrons. The Labute approximate surface area is 138 Å². The Morgan fingerprint density at radius 2 is 1.96 bits per heavy atom. The van der Waals surface area contributed by atoms with Gasteiger partial charge in [-0.2, -0.15) is 0 Å². The largest absolute Gasteiger partial charge is 0.487 e. The minimum absolute atomic E-state index is 0.141. The molecule has 0 bridgehead atoms. The second kappa shape index (κ2) is 6.28. The van der Waals surface area contributed by atoms with Gasteiger partial charge in [-0.25, -0.2) is 18.7 Å². The van der Waals surface area contributed by atoms with Crippen molar-refractivity contribution in [2.75, 3.05) is 12.3 Å². The fraction of sp³-hybridized carbons (Fsp3) is 0.375. The molecule has 0 aliphatic heterocycles. The summed E-state index contributed by atoms with van der Waals surface area (Å²) in [5.74, 6) is -2.45. The molecule has 0 fully saturated rings. The summed E-state index contributed by atoms with van der Waals surface area (Å²) in [4.78, 5) is 8.03. The standard InChI is InChI=1S/C16H18ClF2N3O/c1-15(2,3)16(18,19)9-23-11-6-4-5-10(7-11)13-14(17)22-12(20)8-21-13/h4-8H,9H2,1-3H3,(H2,20,22). The van der Waals surface area contributed by atoms with E-state index in [0.29, 0.717) is 17.0 Å². The molecule has 4 nitrogen and oxygen atoms in total. The number of benzene rings is 1. The Bertz CT molecular complexity index is 702. The maximum Gasteiger partial charge on any atom is 0.286 e. The van der Waals surface area contributed by atoms with Gasteiger partial charge in [0.2, 0.25) is 0 Å². The summed E-state index contributed by atoms with van der Waals surface area (Å²) >= 11 is 6.01. The predicted octanol–water partition coefficient (Wildman–Crippen LogP) is 4.44. The fourth-order valence-electron chi connectivity index (χ4n) is 1.70.